The van der Waals surface area contributed by atoms with Gasteiger partial charge in [-0.2, -0.15) is 4.33 Å². The van der Waals surface area contributed by atoms with Crippen LogP contribution in [0.5, 0.6) is 5.75 Å². The van der Waals surface area contributed by atoms with E-state index < -0.39 is 20.5 Å². The molecule has 1 amide bonds. The second-order valence-electron chi connectivity index (χ2n) is 10.1. The Balaban J connectivity index is 1.55. The van der Waals surface area contributed by atoms with Gasteiger partial charge in [0, 0.05) is 24.2 Å². The molecule has 0 aliphatic heterocycles. The zero-order valence-corrected chi connectivity index (χ0v) is 25.0. The molecule has 0 aliphatic rings. The molecule has 3 aromatic rings. The molecule has 0 atom stereocenters. The van der Waals surface area contributed by atoms with E-state index in [0.29, 0.717) is 35.0 Å². The van der Waals surface area contributed by atoms with Crippen LogP contribution in [-0.2, 0) is 14.0 Å². The third-order valence-corrected chi connectivity index (χ3v) is 7.87. The zero-order valence-electron chi connectivity index (χ0n) is 23.2. The number of methoxy groups -OCH3 is 1. The third-order valence-electron chi connectivity index (χ3n) is 5.56. The van der Waals surface area contributed by atoms with Crippen LogP contribution in [0.25, 0.3) is 24.3 Å². The lowest BCUT2D eigenvalue weighted by Gasteiger charge is -2.15. The molecule has 0 bridgehead atoms. The number of hydrogen-bond donors (Lipinski definition) is 1. The minimum absolute atomic E-state index is 0.425. The molecule has 0 spiro atoms. The molecule has 11 heteroatoms. The number of halogens is 3. The quantitative estimate of drug-likeness (QED) is 0.0732. The Morgan fingerprint density at radius 2 is 1.46 bits per heavy atom. The van der Waals surface area contributed by atoms with Gasteiger partial charge in [-0.3, -0.25) is 5.32 Å². The highest BCUT2D eigenvalue weighted by Crippen LogP contribution is 2.27. The maximum absolute atomic E-state index is 12.0. The fraction of sp³-hybridized carbons (Fsp3) is 0.233. The number of carbonyl (C=O) groups excluding carboxylic acids is 1. The van der Waals surface area contributed by atoms with Gasteiger partial charge in [-0.15, -0.1) is 18.1 Å². The van der Waals surface area contributed by atoms with Crippen LogP contribution in [0.15, 0.2) is 71.6 Å². The molecule has 0 fully saturated rings. The minimum Gasteiger partial charge on any atom is -0.496 e. The average Bonchev–Trinajstić information content (AvgIpc) is 2.91. The summed E-state index contributed by atoms with van der Waals surface area (Å²) in [7, 11) is 0.345. The van der Waals surface area contributed by atoms with Gasteiger partial charge in [-0.1, -0.05) is 80.3 Å². The lowest BCUT2D eigenvalue weighted by molar-refractivity contribution is -0.440. The Bertz CT molecular complexity index is 1340. The molecule has 0 saturated heterocycles. The molecular weight excluding hydrogens is 571 g/mol. The number of carbonyl (C=O) groups is 1. The van der Waals surface area contributed by atoms with Gasteiger partial charge in [-0.25, -0.2) is 4.79 Å². The van der Waals surface area contributed by atoms with Gasteiger partial charge in [0.25, 0.3) is 0 Å². The predicted octanol–water partition coefficient (Wildman–Crippen LogP) is 9.40. The van der Waals surface area contributed by atoms with Crippen molar-refractivity contribution >= 4 is 56.2 Å². The highest BCUT2D eigenvalue weighted by Gasteiger charge is 2.31. The number of nitrogens with one attached hydrogen (secondary N) is 1. The number of hydrogen-bond acceptors (Lipinski definition) is 6. The Morgan fingerprint density at radius 3 is 2.07 bits per heavy atom. The summed E-state index contributed by atoms with van der Waals surface area (Å²) in [5, 5.41) is 2.75. The van der Waals surface area contributed by atoms with Gasteiger partial charge in [0.2, 0.25) is 0 Å². The first-order valence-corrected chi connectivity index (χ1v) is 17.1. The van der Waals surface area contributed by atoms with Crippen molar-refractivity contribution in [3.05, 3.63) is 89.0 Å². The average molecular weight is 604 g/mol. The SMILES string of the molecule is COc1cc(/C=C/c2ccc(SOOC(F)(F)F)cc2)ccc1/C=C/c1ccc(NC(=O)OCC[Si](C)(C)C)cc1. The Labute approximate surface area is 243 Å². The molecule has 6 nitrogen and oxygen atoms in total. The highest BCUT2D eigenvalue weighted by atomic mass is 32.2. The van der Waals surface area contributed by atoms with E-state index in [1.807, 2.05) is 66.8 Å². The summed E-state index contributed by atoms with van der Waals surface area (Å²) in [5.74, 6) is 0.691. The van der Waals surface area contributed by atoms with E-state index in [1.165, 1.54) is 0 Å². The highest BCUT2D eigenvalue weighted by molar-refractivity contribution is 7.94. The smallest absolute Gasteiger partial charge is 0.496 e. The van der Waals surface area contributed by atoms with Gasteiger partial charge >= 0.3 is 12.5 Å². The van der Waals surface area contributed by atoms with Crippen molar-refractivity contribution in [2.24, 2.45) is 0 Å². The summed E-state index contributed by atoms with van der Waals surface area (Å²) in [6, 6.07) is 20.9. The molecule has 0 aromatic heterocycles. The molecule has 3 rings (SSSR count). The van der Waals surface area contributed by atoms with Crippen LogP contribution >= 0.6 is 12.0 Å². The van der Waals surface area contributed by atoms with Crippen LogP contribution in [0.2, 0.25) is 25.7 Å². The zero-order chi connectivity index (χ0) is 29.9. The van der Waals surface area contributed by atoms with E-state index in [2.05, 4.69) is 34.2 Å². The molecule has 1 N–H and O–H groups in total. The topological polar surface area (TPSA) is 66.0 Å². The fourth-order valence-corrected chi connectivity index (χ4v) is 4.51. The van der Waals surface area contributed by atoms with Crippen molar-refractivity contribution in [1.82, 2.24) is 0 Å². The largest absolute Gasteiger partial charge is 0.550 e. The summed E-state index contributed by atoms with van der Waals surface area (Å²) in [4.78, 5) is 15.8. The van der Waals surface area contributed by atoms with Crippen LogP contribution in [0.4, 0.5) is 23.7 Å². The molecule has 0 aliphatic carbocycles. The second-order valence-corrected chi connectivity index (χ2v) is 16.5. The first kappa shape index (κ1) is 32.0. The van der Waals surface area contributed by atoms with Crippen molar-refractivity contribution in [3.8, 4) is 5.75 Å². The number of benzene rings is 3. The van der Waals surface area contributed by atoms with Crippen LogP contribution in [0.1, 0.15) is 22.3 Å². The first-order valence-electron chi connectivity index (χ1n) is 12.7. The molecule has 0 heterocycles. The second kappa shape index (κ2) is 14.9. The summed E-state index contributed by atoms with van der Waals surface area (Å²) in [5.41, 5.74) is 4.26. The monoisotopic (exact) mass is 603 g/mol. The van der Waals surface area contributed by atoms with Crippen LogP contribution in [-0.4, -0.2) is 34.2 Å². The lowest BCUT2D eigenvalue weighted by Crippen LogP contribution is -2.24. The molecule has 218 valence electrons. The van der Waals surface area contributed by atoms with E-state index in [4.69, 9.17) is 9.47 Å². The summed E-state index contributed by atoms with van der Waals surface area (Å²) < 4.78 is 50.9. The van der Waals surface area contributed by atoms with E-state index in [1.54, 1.807) is 31.4 Å². The van der Waals surface area contributed by atoms with Crippen LogP contribution in [0.3, 0.4) is 0 Å². The van der Waals surface area contributed by atoms with Crippen molar-refractivity contribution in [2.45, 2.75) is 36.9 Å². The molecular formula is C30H32F3NO5SSi. The molecule has 0 saturated carbocycles. The Kier molecular flexibility index (Phi) is 11.7. The fourth-order valence-electron chi connectivity index (χ4n) is 3.36. The van der Waals surface area contributed by atoms with E-state index >= 15 is 0 Å². The van der Waals surface area contributed by atoms with Gasteiger partial charge in [0.1, 0.15) is 5.75 Å². The van der Waals surface area contributed by atoms with Crippen LogP contribution in [0, 0.1) is 0 Å². The number of amides is 1. The van der Waals surface area contributed by atoms with Crippen molar-refractivity contribution in [3.63, 3.8) is 0 Å². The number of anilines is 1. The number of alkyl halides is 3. The van der Waals surface area contributed by atoms with Crippen molar-refractivity contribution in [2.75, 3.05) is 19.0 Å². The Morgan fingerprint density at radius 1 is 0.878 bits per heavy atom. The third kappa shape index (κ3) is 12.3. The van der Waals surface area contributed by atoms with Gasteiger partial charge in [-0.05, 0) is 53.1 Å². The standard InChI is InChI=1S/C30H32F3NO5SSi/c1-36-28-21-24(6-5-22-11-17-27(18-12-22)40-39-38-30(31,32)33)8-14-25(28)13-7-23-9-15-26(16-10-23)34-29(35)37-19-20-41(2,3)4/h5-18,21H,19-20H2,1-4H3,(H,34,35)/b6-5+,13-7+. The molecule has 3 aromatic carbocycles. The van der Waals surface area contributed by atoms with E-state index in [9.17, 15) is 18.0 Å². The normalized spacial score (nSPS) is 12.2. The summed E-state index contributed by atoms with van der Waals surface area (Å²) >= 11 is 0.476. The molecule has 0 radical (unpaired) electrons. The first-order chi connectivity index (χ1) is 19.4. The maximum Gasteiger partial charge on any atom is 0.550 e. The summed E-state index contributed by atoms with van der Waals surface area (Å²) in [6.07, 6.45) is 2.38. The van der Waals surface area contributed by atoms with Gasteiger partial charge < -0.3 is 9.47 Å². The van der Waals surface area contributed by atoms with Gasteiger partial charge in [0.15, 0.2) is 0 Å². The minimum atomic E-state index is -4.85. The lowest BCUT2D eigenvalue weighted by atomic mass is 10.1. The number of rotatable bonds is 12. The maximum atomic E-state index is 12.0. The Hall–Kier alpha value is -3.51. The number of ether oxygens (including phenoxy) is 2. The molecule has 0 unspecified atom stereocenters. The van der Waals surface area contributed by atoms with Crippen molar-refractivity contribution in [1.29, 1.82) is 0 Å². The summed E-state index contributed by atoms with van der Waals surface area (Å²) in [6.45, 7) is 7.12. The van der Waals surface area contributed by atoms with E-state index in [0.717, 1.165) is 28.3 Å². The predicted molar refractivity (Wildman–Crippen MR) is 161 cm³/mol. The van der Waals surface area contributed by atoms with Crippen LogP contribution < -0.4 is 10.1 Å². The molecule has 41 heavy (non-hydrogen) atoms. The van der Waals surface area contributed by atoms with E-state index in [-0.39, 0.29) is 0 Å². The van der Waals surface area contributed by atoms with Crippen molar-refractivity contribution < 1.29 is 36.7 Å². The van der Waals surface area contributed by atoms with Gasteiger partial charge in [0.05, 0.1) is 25.8 Å².